The molecule has 4 atom stereocenters. The van der Waals surface area contributed by atoms with Crippen LogP contribution in [0.25, 0.3) is 10.4 Å². The number of ether oxygens (including phenoxy) is 1. The minimum absolute atomic E-state index is 0.119. The highest BCUT2D eigenvalue weighted by Gasteiger charge is 2.45. The Labute approximate surface area is 190 Å². The van der Waals surface area contributed by atoms with Crippen LogP contribution in [0.1, 0.15) is 11.2 Å². The Morgan fingerprint density at radius 1 is 1.12 bits per heavy atom. The van der Waals surface area contributed by atoms with Gasteiger partial charge in [0.25, 0.3) is 5.56 Å². The Kier molecular flexibility index (Phi) is 6.75. The van der Waals surface area contributed by atoms with Crippen molar-refractivity contribution in [2.45, 2.75) is 31.1 Å². The summed E-state index contributed by atoms with van der Waals surface area (Å²) in [5.74, 6) is 0. The molecule has 0 radical (unpaired) electrons. The Morgan fingerprint density at radius 3 is 2.55 bits per heavy atom. The lowest BCUT2D eigenvalue weighted by molar-refractivity contribution is -0.0548. The van der Waals surface area contributed by atoms with E-state index in [-0.39, 0.29) is 6.54 Å². The quantitative estimate of drug-likeness (QED) is 0.323. The molecule has 1 unspecified atom stereocenters. The van der Waals surface area contributed by atoms with Crippen LogP contribution in [-0.2, 0) is 20.4 Å². The SMILES string of the molecule is O=c1ccn([C@@H]2O[C@H](COP(=O)(O)O)C(O)[C@@H]2O)c(=O)n1Cc1ncc(-c2ccccc2)s1. The summed E-state index contributed by atoms with van der Waals surface area (Å²) < 4.78 is 22.5. The molecule has 33 heavy (non-hydrogen) atoms. The third kappa shape index (κ3) is 5.21. The molecule has 1 fully saturated rings. The van der Waals surface area contributed by atoms with Gasteiger partial charge in [0.2, 0.25) is 0 Å². The van der Waals surface area contributed by atoms with Crippen LogP contribution in [0.15, 0.2) is 58.4 Å². The first kappa shape index (κ1) is 23.7. The molecule has 0 bridgehead atoms. The molecule has 0 saturated carbocycles. The smallest absolute Gasteiger partial charge is 0.387 e. The van der Waals surface area contributed by atoms with Gasteiger partial charge >= 0.3 is 13.5 Å². The summed E-state index contributed by atoms with van der Waals surface area (Å²) in [6.45, 7) is -0.832. The minimum Gasteiger partial charge on any atom is -0.387 e. The summed E-state index contributed by atoms with van der Waals surface area (Å²) in [6, 6.07) is 10.6. The first-order chi connectivity index (χ1) is 15.6. The van der Waals surface area contributed by atoms with Gasteiger partial charge < -0.3 is 24.7 Å². The predicted octanol–water partition coefficient (Wildman–Crippen LogP) is -0.0897. The highest BCUT2D eigenvalue weighted by atomic mass is 32.1. The second-order valence-corrected chi connectivity index (χ2v) is 9.60. The molecule has 4 N–H and O–H groups in total. The molecule has 0 aliphatic carbocycles. The molecule has 2 aromatic heterocycles. The van der Waals surface area contributed by atoms with Crippen LogP contribution in [0.4, 0.5) is 0 Å². The van der Waals surface area contributed by atoms with Gasteiger partial charge in [0.15, 0.2) is 6.23 Å². The number of nitrogens with zero attached hydrogens (tertiary/aromatic N) is 3. The van der Waals surface area contributed by atoms with Crippen molar-refractivity contribution in [3.63, 3.8) is 0 Å². The van der Waals surface area contributed by atoms with E-state index in [0.29, 0.717) is 5.01 Å². The van der Waals surface area contributed by atoms with Crippen LogP contribution >= 0.6 is 19.2 Å². The van der Waals surface area contributed by atoms with Crippen molar-refractivity contribution in [1.82, 2.24) is 14.1 Å². The summed E-state index contributed by atoms with van der Waals surface area (Å²) >= 11 is 1.32. The molecule has 1 saturated heterocycles. The average molecular weight is 497 g/mol. The molecule has 0 spiro atoms. The monoisotopic (exact) mass is 497 g/mol. The van der Waals surface area contributed by atoms with E-state index in [2.05, 4.69) is 9.51 Å². The van der Waals surface area contributed by atoms with Crippen LogP contribution < -0.4 is 11.2 Å². The third-order valence-corrected chi connectivity index (χ3v) is 6.54. The van der Waals surface area contributed by atoms with Crippen LogP contribution in [0, 0.1) is 0 Å². The maximum Gasteiger partial charge on any atom is 0.469 e. The number of thiazole rings is 1. The van der Waals surface area contributed by atoms with E-state index in [1.807, 2.05) is 30.3 Å². The molecule has 3 heterocycles. The number of rotatable bonds is 7. The van der Waals surface area contributed by atoms with Crippen LogP contribution in [0.5, 0.6) is 0 Å². The number of aliphatic hydroxyl groups is 2. The van der Waals surface area contributed by atoms with Crippen molar-refractivity contribution in [2.75, 3.05) is 6.61 Å². The highest BCUT2D eigenvalue weighted by molar-refractivity contribution is 7.46. The van der Waals surface area contributed by atoms with Crippen molar-refractivity contribution < 1.29 is 33.8 Å². The highest BCUT2D eigenvalue weighted by Crippen LogP contribution is 2.38. The molecule has 1 aromatic carbocycles. The zero-order valence-corrected chi connectivity index (χ0v) is 18.6. The van der Waals surface area contributed by atoms with E-state index in [0.717, 1.165) is 31.8 Å². The summed E-state index contributed by atoms with van der Waals surface area (Å²) in [4.78, 5) is 48.2. The van der Waals surface area contributed by atoms with Crippen molar-refractivity contribution in [1.29, 1.82) is 0 Å². The van der Waals surface area contributed by atoms with Gasteiger partial charge in [-0.15, -0.1) is 11.3 Å². The Bertz CT molecular complexity index is 1290. The van der Waals surface area contributed by atoms with Crippen LogP contribution in [0.2, 0.25) is 0 Å². The van der Waals surface area contributed by atoms with Crippen molar-refractivity contribution in [3.8, 4) is 10.4 Å². The number of phosphoric acid groups is 1. The minimum atomic E-state index is -4.83. The summed E-state index contributed by atoms with van der Waals surface area (Å²) in [6.07, 6.45) is -3.14. The van der Waals surface area contributed by atoms with Gasteiger partial charge in [-0.25, -0.2) is 14.3 Å². The molecular weight excluding hydrogens is 477 g/mol. The summed E-state index contributed by atoms with van der Waals surface area (Å²) in [7, 11) is -4.83. The molecule has 14 heteroatoms. The fourth-order valence-corrected chi connectivity index (χ4v) is 4.65. The summed E-state index contributed by atoms with van der Waals surface area (Å²) in [5.41, 5.74) is -0.465. The normalized spacial score (nSPS) is 23.2. The number of phosphoric ester groups is 1. The fourth-order valence-electron chi connectivity index (χ4n) is 3.39. The van der Waals surface area contributed by atoms with Gasteiger partial charge in [-0.05, 0) is 5.56 Å². The van der Waals surface area contributed by atoms with Gasteiger partial charge in [0.05, 0.1) is 18.0 Å². The zero-order chi connectivity index (χ0) is 23.8. The third-order valence-electron chi connectivity index (χ3n) is 5.02. The molecule has 176 valence electrons. The topological polar surface area (TPSA) is 173 Å². The fraction of sp³-hybridized carbons (Fsp3) is 0.316. The molecule has 0 amide bonds. The number of aliphatic hydroxyl groups excluding tert-OH is 2. The second kappa shape index (κ2) is 9.41. The van der Waals surface area contributed by atoms with E-state index in [1.54, 1.807) is 6.20 Å². The Morgan fingerprint density at radius 2 is 1.85 bits per heavy atom. The standard InChI is InChI=1S/C19H20N3O9PS/c23-15-6-7-21(18-17(25)16(24)12(31-18)10-30-32(27,28)29)19(26)22(15)9-14-20-8-13(33-14)11-4-2-1-3-5-11/h1-8,12,16-18,24-25H,9-10H2,(H2,27,28,29)/t12-,16?,17+,18-/m1/s1. The largest absolute Gasteiger partial charge is 0.469 e. The van der Waals surface area contributed by atoms with Gasteiger partial charge in [0.1, 0.15) is 23.3 Å². The van der Waals surface area contributed by atoms with Gasteiger partial charge in [0, 0.05) is 18.5 Å². The first-order valence-electron chi connectivity index (χ1n) is 9.68. The molecule has 3 aromatic rings. The Hall–Kier alpha value is -2.48. The predicted molar refractivity (Wildman–Crippen MR) is 116 cm³/mol. The lowest BCUT2D eigenvalue weighted by Crippen LogP contribution is -2.43. The summed E-state index contributed by atoms with van der Waals surface area (Å²) in [5, 5.41) is 21.0. The van der Waals surface area contributed by atoms with Crippen molar-refractivity contribution >= 4 is 19.2 Å². The average Bonchev–Trinajstić information content (AvgIpc) is 3.35. The molecule has 1 aliphatic rings. The molecule has 4 rings (SSSR count). The first-order valence-corrected chi connectivity index (χ1v) is 12.0. The van der Waals surface area contributed by atoms with Gasteiger partial charge in [-0.2, -0.15) is 0 Å². The number of aromatic nitrogens is 3. The van der Waals surface area contributed by atoms with E-state index in [1.165, 1.54) is 11.3 Å². The molecule has 1 aliphatic heterocycles. The second-order valence-electron chi connectivity index (χ2n) is 7.25. The maximum atomic E-state index is 13.0. The molecule has 12 nitrogen and oxygen atoms in total. The van der Waals surface area contributed by atoms with Gasteiger partial charge in [-0.3, -0.25) is 18.5 Å². The zero-order valence-electron chi connectivity index (χ0n) is 16.9. The maximum absolute atomic E-state index is 13.0. The van der Waals surface area contributed by atoms with Crippen molar-refractivity contribution in [3.05, 3.63) is 74.6 Å². The van der Waals surface area contributed by atoms with Crippen LogP contribution in [-0.4, -0.2) is 59.0 Å². The van der Waals surface area contributed by atoms with Gasteiger partial charge in [-0.1, -0.05) is 30.3 Å². The lowest BCUT2D eigenvalue weighted by Gasteiger charge is -2.18. The number of benzene rings is 1. The molecular formula is C19H20N3O9PS. The van der Waals surface area contributed by atoms with E-state index in [4.69, 9.17) is 14.5 Å². The van der Waals surface area contributed by atoms with Crippen LogP contribution in [0.3, 0.4) is 0 Å². The number of hydrogen-bond donors (Lipinski definition) is 4. The lowest BCUT2D eigenvalue weighted by atomic mass is 10.1. The van der Waals surface area contributed by atoms with Crippen molar-refractivity contribution in [2.24, 2.45) is 0 Å². The Balaban J connectivity index is 1.58. The van der Waals surface area contributed by atoms with E-state index < -0.39 is 50.2 Å². The number of hydrogen-bond acceptors (Lipinski definition) is 9. The van der Waals surface area contributed by atoms with E-state index >= 15 is 0 Å². The van der Waals surface area contributed by atoms with E-state index in [9.17, 15) is 24.4 Å².